The summed E-state index contributed by atoms with van der Waals surface area (Å²) in [6.45, 7) is 7.91. The van der Waals surface area contributed by atoms with Crippen LogP contribution in [0.3, 0.4) is 0 Å². The molecule has 0 saturated heterocycles. The Balaban J connectivity index is 1.57. The lowest BCUT2D eigenvalue weighted by Gasteiger charge is -2.17. The molecule has 1 amide bonds. The maximum atomic E-state index is 12.3. The Morgan fingerprint density at radius 3 is 2.55 bits per heavy atom. The summed E-state index contributed by atoms with van der Waals surface area (Å²) in [7, 11) is 0. The number of anilines is 2. The third kappa shape index (κ3) is 4.54. The molecule has 2 heterocycles. The molecule has 3 aromatic rings. The molecule has 4 rings (SSSR count). The average Bonchev–Trinajstić information content (AvgIpc) is 3.52. The lowest BCUT2D eigenvalue weighted by molar-refractivity contribution is -0.117. The summed E-state index contributed by atoms with van der Waals surface area (Å²) in [6, 6.07) is 7.80. The van der Waals surface area contributed by atoms with E-state index in [0.29, 0.717) is 23.1 Å². The number of aryl methyl sites for hydroxylation is 2. The molecule has 162 valence electrons. The van der Waals surface area contributed by atoms with E-state index < -0.39 is 0 Å². The van der Waals surface area contributed by atoms with E-state index in [2.05, 4.69) is 27.5 Å². The smallest absolute Gasteiger partial charge is 0.348 e. The highest BCUT2D eigenvalue weighted by atomic mass is 32.1. The second-order valence-electron chi connectivity index (χ2n) is 7.83. The fraction of sp³-hybridized carbons (Fsp3) is 0.391. The molecule has 8 heteroatoms. The van der Waals surface area contributed by atoms with E-state index in [9.17, 15) is 9.59 Å². The predicted molar refractivity (Wildman–Crippen MR) is 123 cm³/mol. The van der Waals surface area contributed by atoms with Crippen LogP contribution in [-0.2, 0) is 9.53 Å². The molecule has 1 fully saturated rings. The van der Waals surface area contributed by atoms with E-state index in [4.69, 9.17) is 4.74 Å². The minimum Gasteiger partial charge on any atom is -0.462 e. The number of benzene rings is 1. The molecular weight excluding hydrogens is 412 g/mol. The van der Waals surface area contributed by atoms with Gasteiger partial charge >= 0.3 is 5.97 Å². The molecule has 0 bridgehead atoms. The number of carbonyl (C=O) groups is 2. The Morgan fingerprint density at radius 1 is 1.19 bits per heavy atom. The van der Waals surface area contributed by atoms with E-state index in [1.54, 1.807) is 6.92 Å². The summed E-state index contributed by atoms with van der Waals surface area (Å²) >= 11 is 1.33. The Kier molecular flexibility index (Phi) is 5.91. The quantitative estimate of drug-likeness (QED) is 0.504. The van der Waals surface area contributed by atoms with Crippen LogP contribution < -0.4 is 10.6 Å². The zero-order chi connectivity index (χ0) is 22.1. The minimum atomic E-state index is -0.330. The van der Waals surface area contributed by atoms with Crippen molar-refractivity contribution in [1.29, 1.82) is 0 Å². The number of nitrogens with zero attached hydrogens (tertiary/aromatic N) is 2. The van der Waals surface area contributed by atoms with Gasteiger partial charge in [-0.05, 0) is 63.8 Å². The van der Waals surface area contributed by atoms with Crippen LogP contribution in [-0.4, -0.2) is 28.5 Å². The van der Waals surface area contributed by atoms with Crippen molar-refractivity contribution in [3.8, 4) is 0 Å². The molecule has 1 aliphatic carbocycles. The summed E-state index contributed by atoms with van der Waals surface area (Å²) in [6.07, 6.45) is 1.97. The van der Waals surface area contributed by atoms with Crippen LogP contribution in [0.15, 0.2) is 24.3 Å². The van der Waals surface area contributed by atoms with E-state index in [1.165, 1.54) is 11.3 Å². The van der Waals surface area contributed by atoms with Crippen molar-refractivity contribution >= 4 is 44.9 Å². The molecule has 0 radical (unpaired) electrons. The van der Waals surface area contributed by atoms with Crippen LogP contribution in [0.25, 0.3) is 10.2 Å². The van der Waals surface area contributed by atoms with Gasteiger partial charge in [0.05, 0.1) is 12.0 Å². The van der Waals surface area contributed by atoms with Gasteiger partial charge in [-0.3, -0.25) is 4.79 Å². The van der Waals surface area contributed by atoms with Gasteiger partial charge in [0.25, 0.3) is 0 Å². The molecule has 1 aromatic carbocycles. The molecule has 1 unspecified atom stereocenters. The summed E-state index contributed by atoms with van der Waals surface area (Å²) in [4.78, 5) is 34.7. The third-order valence-corrected chi connectivity index (χ3v) is 6.51. The van der Waals surface area contributed by atoms with Gasteiger partial charge in [0.2, 0.25) is 5.91 Å². The van der Waals surface area contributed by atoms with Gasteiger partial charge in [-0.25, -0.2) is 14.8 Å². The number of amides is 1. The Hall–Kier alpha value is -3.00. The Bertz CT molecular complexity index is 1140. The summed E-state index contributed by atoms with van der Waals surface area (Å²) in [5.41, 5.74) is 2.69. The van der Waals surface area contributed by atoms with Crippen molar-refractivity contribution in [3.05, 3.63) is 46.1 Å². The van der Waals surface area contributed by atoms with Crippen LogP contribution in [0.5, 0.6) is 0 Å². The first kappa shape index (κ1) is 21.2. The highest BCUT2D eigenvalue weighted by Gasteiger charge is 2.29. The largest absolute Gasteiger partial charge is 0.462 e. The second-order valence-corrected chi connectivity index (χ2v) is 8.83. The van der Waals surface area contributed by atoms with Crippen LogP contribution in [0.4, 0.5) is 11.5 Å². The Morgan fingerprint density at radius 2 is 1.90 bits per heavy atom. The van der Waals surface area contributed by atoms with Gasteiger partial charge < -0.3 is 15.4 Å². The number of esters is 1. The van der Waals surface area contributed by atoms with E-state index in [-0.39, 0.29) is 23.8 Å². The maximum Gasteiger partial charge on any atom is 0.348 e. The first-order valence-electron chi connectivity index (χ1n) is 10.5. The SMILES string of the molecule is CCOC(=O)c1sc2nc(C)nc(NC(C)c3ccc(NC(=O)C4CC4)cc3)c2c1C. The number of rotatable bonds is 7. The molecule has 0 aliphatic heterocycles. The monoisotopic (exact) mass is 438 g/mol. The highest BCUT2D eigenvalue weighted by Crippen LogP contribution is 2.36. The minimum absolute atomic E-state index is 0.0315. The lowest BCUT2D eigenvalue weighted by atomic mass is 10.1. The summed E-state index contributed by atoms with van der Waals surface area (Å²) < 4.78 is 5.19. The number of hydrogen-bond donors (Lipinski definition) is 2. The summed E-state index contributed by atoms with van der Waals surface area (Å²) in [5, 5.41) is 7.28. The lowest BCUT2D eigenvalue weighted by Crippen LogP contribution is -2.13. The van der Waals surface area contributed by atoms with Crippen LogP contribution in [0.2, 0.25) is 0 Å². The number of fused-ring (bicyclic) bond motifs is 1. The second kappa shape index (κ2) is 8.63. The molecule has 1 saturated carbocycles. The van der Waals surface area contributed by atoms with Crippen LogP contribution >= 0.6 is 11.3 Å². The van der Waals surface area contributed by atoms with E-state index >= 15 is 0 Å². The van der Waals surface area contributed by atoms with Gasteiger partial charge in [0.1, 0.15) is 21.3 Å². The zero-order valence-electron chi connectivity index (χ0n) is 18.1. The number of carbonyl (C=O) groups excluding carboxylic acids is 2. The average molecular weight is 439 g/mol. The van der Waals surface area contributed by atoms with Gasteiger partial charge in [-0.1, -0.05) is 12.1 Å². The van der Waals surface area contributed by atoms with E-state index in [0.717, 1.165) is 39.9 Å². The normalized spacial score (nSPS) is 14.3. The first-order chi connectivity index (χ1) is 14.9. The molecule has 1 aliphatic rings. The molecule has 2 aromatic heterocycles. The molecule has 0 spiro atoms. The number of thiophene rings is 1. The number of nitrogens with one attached hydrogen (secondary N) is 2. The first-order valence-corrected chi connectivity index (χ1v) is 11.3. The van der Waals surface area contributed by atoms with Gasteiger partial charge in [0.15, 0.2) is 0 Å². The topological polar surface area (TPSA) is 93.2 Å². The molecular formula is C23H26N4O3S. The van der Waals surface area contributed by atoms with Crippen molar-refractivity contribution < 1.29 is 14.3 Å². The van der Waals surface area contributed by atoms with Gasteiger partial charge in [-0.15, -0.1) is 11.3 Å². The zero-order valence-corrected chi connectivity index (χ0v) is 18.9. The van der Waals surface area contributed by atoms with Gasteiger partial charge in [-0.2, -0.15) is 0 Å². The summed E-state index contributed by atoms with van der Waals surface area (Å²) in [5.74, 6) is 1.28. The third-order valence-electron chi connectivity index (χ3n) is 5.34. The molecule has 31 heavy (non-hydrogen) atoms. The number of aromatic nitrogens is 2. The van der Waals surface area contributed by atoms with Crippen molar-refractivity contribution in [2.45, 2.75) is 46.6 Å². The van der Waals surface area contributed by atoms with Crippen LogP contribution in [0.1, 0.15) is 59.4 Å². The van der Waals surface area contributed by atoms with Crippen molar-refractivity contribution in [3.63, 3.8) is 0 Å². The van der Waals surface area contributed by atoms with Gasteiger partial charge in [0, 0.05) is 17.6 Å². The van der Waals surface area contributed by atoms with Crippen molar-refractivity contribution in [1.82, 2.24) is 9.97 Å². The molecule has 2 N–H and O–H groups in total. The van der Waals surface area contributed by atoms with Crippen molar-refractivity contribution in [2.75, 3.05) is 17.2 Å². The highest BCUT2D eigenvalue weighted by molar-refractivity contribution is 7.20. The fourth-order valence-electron chi connectivity index (χ4n) is 3.47. The van der Waals surface area contributed by atoms with Crippen LogP contribution in [0, 0.1) is 19.8 Å². The fourth-order valence-corrected chi connectivity index (χ4v) is 4.60. The Labute approximate surface area is 185 Å². The number of ether oxygens (including phenoxy) is 1. The predicted octanol–water partition coefficient (Wildman–Crippen LogP) is 5.01. The maximum absolute atomic E-state index is 12.3. The molecule has 1 atom stereocenters. The van der Waals surface area contributed by atoms with Crippen molar-refractivity contribution in [2.24, 2.45) is 5.92 Å². The van der Waals surface area contributed by atoms with E-state index in [1.807, 2.05) is 38.1 Å². The standard InChI is InChI=1S/C23H26N4O3S/c1-5-30-23(29)19-12(2)18-20(25-14(4)26-22(18)31-19)24-13(3)15-8-10-17(11-9-15)27-21(28)16-6-7-16/h8-11,13,16H,5-7H2,1-4H3,(H,27,28)(H,24,25,26). The molecule has 7 nitrogen and oxygen atoms in total. The number of hydrogen-bond acceptors (Lipinski definition) is 7.